The van der Waals surface area contributed by atoms with Gasteiger partial charge in [-0.1, -0.05) is 18.5 Å². The van der Waals surface area contributed by atoms with Crippen LogP contribution in [0.15, 0.2) is 46.1 Å². The fourth-order valence-corrected chi connectivity index (χ4v) is 3.91. The SMILES string of the molecule is CCN(Cc1ccoc1)S(=O)(=O)c1cc(C(F)(F)F)ccc1Cl. The molecule has 0 bridgehead atoms. The average molecular weight is 368 g/mol. The van der Waals surface area contributed by atoms with E-state index >= 15 is 0 Å². The van der Waals surface area contributed by atoms with Gasteiger partial charge in [0.25, 0.3) is 0 Å². The van der Waals surface area contributed by atoms with E-state index in [4.69, 9.17) is 16.0 Å². The highest BCUT2D eigenvalue weighted by atomic mass is 35.5. The molecule has 23 heavy (non-hydrogen) atoms. The maximum Gasteiger partial charge on any atom is 0.416 e. The number of furan rings is 1. The summed E-state index contributed by atoms with van der Waals surface area (Å²) < 4.78 is 69.6. The summed E-state index contributed by atoms with van der Waals surface area (Å²) in [4.78, 5) is -0.570. The standard InChI is InChI=1S/C14H13ClF3NO3S/c1-2-19(8-10-5-6-22-9-10)23(20,21)13-7-11(14(16,17)18)3-4-12(13)15/h3-7,9H,2,8H2,1H3. The van der Waals surface area contributed by atoms with E-state index in [9.17, 15) is 21.6 Å². The Labute approximate surface area is 136 Å². The molecule has 0 radical (unpaired) electrons. The Hall–Kier alpha value is -1.51. The summed E-state index contributed by atoms with van der Waals surface area (Å²) >= 11 is 5.82. The van der Waals surface area contributed by atoms with Gasteiger partial charge in [-0.05, 0) is 24.3 Å². The molecule has 2 rings (SSSR count). The second-order valence-corrected chi connectivity index (χ2v) is 7.02. The Morgan fingerprint density at radius 3 is 2.48 bits per heavy atom. The topological polar surface area (TPSA) is 50.5 Å². The zero-order valence-electron chi connectivity index (χ0n) is 12.0. The fraction of sp³-hybridized carbons (Fsp3) is 0.286. The molecule has 0 unspecified atom stereocenters. The van der Waals surface area contributed by atoms with Crippen molar-refractivity contribution in [3.63, 3.8) is 0 Å². The lowest BCUT2D eigenvalue weighted by molar-refractivity contribution is -0.137. The molecule has 0 saturated heterocycles. The highest BCUT2D eigenvalue weighted by molar-refractivity contribution is 7.89. The lowest BCUT2D eigenvalue weighted by atomic mass is 10.2. The molecule has 0 saturated carbocycles. The molecule has 0 fully saturated rings. The normalized spacial score (nSPS) is 12.8. The van der Waals surface area contributed by atoms with Crippen molar-refractivity contribution in [1.82, 2.24) is 4.31 Å². The van der Waals surface area contributed by atoms with Crippen LogP contribution in [-0.2, 0) is 22.7 Å². The molecule has 4 nitrogen and oxygen atoms in total. The van der Waals surface area contributed by atoms with Crippen molar-refractivity contribution < 1.29 is 26.0 Å². The zero-order chi connectivity index (χ0) is 17.3. The minimum absolute atomic E-state index is 0.0259. The summed E-state index contributed by atoms with van der Waals surface area (Å²) in [5, 5.41) is -0.261. The molecule has 0 spiro atoms. The Kier molecular flexibility index (Phi) is 5.07. The van der Waals surface area contributed by atoms with Crippen LogP contribution in [0.5, 0.6) is 0 Å². The van der Waals surface area contributed by atoms with Gasteiger partial charge in [-0.15, -0.1) is 0 Å². The molecule has 0 atom stereocenters. The molecule has 9 heteroatoms. The van der Waals surface area contributed by atoms with E-state index in [1.54, 1.807) is 13.0 Å². The van der Waals surface area contributed by atoms with Crippen molar-refractivity contribution in [2.45, 2.75) is 24.5 Å². The number of benzene rings is 1. The molecule has 2 aromatic rings. The number of halogens is 4. The first-order valence-electron chi connectivity index (χ1n) is 6.54. The van der Waals surface area contributed by atoms with Crippen LogP contribution in [0.1, 0.15) is 18.1 Å². The number of nitrogens with zero attached hydrogens (tertiary/aromatic N) is 1. The third-order valence-corrected chi connectivity index (χ3v) is 5.57. The predicted octanol–water partition coefficient (Wildman–Crippen LogP) is 4.16. The van der Waals surface area contributed by atoms with Crippen molar-refractivity contribution in [2.75, 3.05) is 6.54 Å². The summed E-state index contributed by atoms with van der Waals surface area (Å²) in [6.07, 6.45) is -1.91. The quantitative estimate of drug-likeness (QED) is 0.797. The molecule has 126 valence electrons. The second-order valence-electron chi connectivity index (χ2n) is 4.71. The van der Waals surface area contributed by atoms with Gasteiger partial charge in [0.05, 0.1) is 23.1 Å². The van der Waals surface area contributed by atoms with Crippen LogP contribution in [0.2, 0.25) is 5.02 Å². The second kappa shape index (κ2) is 6.54. The van der Waals surface area contributed by atoms with E-state index < -0.39 is 26.7 Å². The van der Waals surface area contributed by atoms with Gasteiger partial charge in [0.2, 0.25) is 10.0 Å². The number of hydrogen-bond acceptors (Lipinski definition) is 3. The van der Waals surface area contributed by atoms with Gasteiger partial charge >= 0.3 is 6.18 Å². The Balaban J connectivity index is 2.45. The number of hydrogen-bond donors (Lipinski definition) is 0. The van der Waals surface area contributed by atoms with E-state index in [-0.39, 0.29) is 18.1 Å². The maximum absolute atomic E-state index is 12.8. The van der Waals surface area contributed by atoms with E-state index in [1.807, 2.05) is 0 Å². The van der Waals surface area contributed by atoms with Gasteiger partial charge in [0, 0.05) is 18.7 Å². The minimum atomic E-state index is -4.66. The van der Waals surface area contributed by atoms with Gasteiger partial charge in [-0.2, -0.15) is 17.5 Å². The summed E-state index contributed by atoms with van der Waals surface area (Å²) in [6.45, 7) is 1.63. The van der Waals surface area contributed by atoms with Crippen LogP contribution in [0.3, 0.4) is 0 Å². The number of rotatable bonds is 5. The van der Waals surface area contributed by atoms with Gasteiger partial charge < -0.3 is 4.42 Å². The maximum atomic E-state index is 12.8. The summed E-state index contributed by atoms with van der Waals surface area (Å²) in [7, 11) is -4.18. The highest BCUT2D eigenvalue weighted by Gasteiger charge is 2.34. The van der Waals surface area contributed by atoms with E-state index in [0.29, 0.717) is 11.6 Å². The molecular weight excluding hydrogens is 355 g/mol. The Morgan fingerprint density at radius 1 is 1.26 bits per heavy atom. The largest absolute Gasteiger partial charge is 0.472 e. The predicted molar refractivity (Wildman–Crippen MR) is 78.4 cm³/mol. The molecule has 1 aromatic carbocycles. The van der Waals surface area contributed by atoms with Crippen molar-refractivity contribution in [2.24, 2.45) is 0 Å². The minimum Gasteiger partial charge on any atom is -0.472 e. The molecule has 1 aromatic heterocycles. The van der Waals surface area contributed by atoms with Gasteiger partial charge in [-0.25, -0.2) is 8.42 Å². The van der Waals surface area contributed by atoms with Crippen LogP contribution < -0.4 is 0 Å². The molecule has 0 aliphatic carbocycles. The third-order valence-electron chi connectivity index (χ3n) is 3.17. The van der Waals surface area contributed by atoms with Crippen molar-refractivity contribution in [3.8, 4) is 0 Å². The van der Waals surface area contributed by atoms with Crippen molar-refractivity contribution >= 4 is 21.6 Å². The lowest BCUT2D eigenvalue weighted by Gasteiger charge is -2.21. The van der Waals surface area contributed by atoms with Crippen molar-refractivity contribution in [3.05, 3.63) is 52.9 Å². The van der Waals surface area contributed by atoms with Crippen LogP contribution in [0.4, 0.5) is 13.2 Å². The van der Waals surface area contributed by atoms with Gasteiger partial charge in [0.15, 0.2) is 0 Å². The summed E-state index contributed by atoms with van der Waals surface area (Å²) in [6, 6.07) is 3.80. The molecule has 0 aliphatic rings. The van der Waals surface area contributed by atoms with Crippen LogP contribution >= 0.6 is 11.6 Å². The average Bonchev–Trinajstić information content (AvgIpc) is 2.96. The lowest BCUT2D eigenvalue weighted by Crippen LogP contribution is -2.30. The summed E-state index contributed by atoms with van der Waals surface area (Å²) in [5.41, 5.74) is -0.488. The van der Waals surface area contributed by atoms with Crippen LogP contribution in [-0.4, -0.2) is 19.3 Å². The smallest absolute Gasteiger partial charge is 0.416 e. The molecule has 0 aliphatic heterocycles. The number of alkyl halides is 3. The van der Waals surface area contributed by atoms with Gasteiger partial charge in [-0.3, -0.25) is 0 Å². The van der Waals surface area contributed by atoms with E-state index in [1.165, 1.54) is 12.5 Å². The van der Waals surface area contributed by atoms with E-state index in [2.05, 4.69) is 0 Å². The van der Waals surface area contributed by atoms with Crippen LogP contribution in [0.25, 0.3) is 0 Å². The fourth-order valence-electron chi connectivity index (χ4n) is 1.97. The third kappa shape index (κ3) is 3.88. The summed E-state index contributed by atoms with van der Waals surface area (Å²) in [5.74, 6) is 0. The zero-order valence-corrected chi connectivity index (χ0v) is 13.5. The molecule has 0 N–H and O–H groups in total. The van der Waals surface area contributed by atoms with Crippen LogP contribution in [0, 0.1) is 0 Å². The first-order chi connectivity index (χ1) is 10.7. The first kappa shape index (κ1) is 17.8. The molecular formula is C14H13ClF3NO3S. The highest BCUT2D eigenvalue weighted by Crippen LogP contribution is 2.34. The monoisotopic (exact) mass is 367 g/mol. The Morgan fingerprint density at radius 2 is 1.96 bits per heavy atom. The van der Waals surface area contributed by atoms with Crippen molar-refractivity contribution in [1.29, 1.82) is 0 Å². The van der Waals surface area contributed by atoms with Gasteiger partial charge in [0.1, 0.15) is 4.90 Å². The number of sulfonamides is 1. The first-order valence-corrected chi connectivity index (χ1v) is 8.36. The Bertz CT molecular complexity index is 773. The molecule has 0 amide bonds. The molecule has 1 heterocycles. The van der Waals surface area contributed by atoms with E-state index in [0.717, 1.165) is 16.4 Å².